The van der Waals surface area contributed by atoms with Crippen molar-refractivity contribution in [3.8, 4) is 0 Å². The quantitative estimate of drug-likeness (QED) is 0.608. The van der Waals surface area contributed by atoms with Gasteiger partial charge in [0.2, 0.25) is 10.0 Å². The molecule has 0 atom stereocenters. The van der Waals surface area contributed by atoms with Crippen LogP contribution in [0, 0.1) is 0 Å². The molecular weight excluding hydrogens is 250 g/mol. The SMILES string of the molecule is CC(C)NCCCS(=O)(=O)NCC(C)(C)N(C)C. The third kappa shape index (κ3) is 8.02. The van der Waals surface area contributed by atoms with Crippen LogP contribution in [-0.2, 0) is 10.0 Å². The molecule has 18 heavy (non-hydrogen) atoms. The molecule has 5 nitrogen and oxygen atoms in total. The van der Waals surface area contributed by atoms with E-state index in [1.54, 1.807) is 0 Å². The van der Waals surface area contributed by atoms with Gasteiger partial charge in [-0.25, -0.2) is 13.1 Å². The zero-order valence-electron chi connectivity index (χ0n) is 12.6. The number of sulfonamides is 1. The van der Waals surface area contributed by atoms with Crippen LogP contribution in [0.1, 0.15) is 34.1 Å². The minimum Gasteiger partial charge on any atom is -0.314 e. The fraction of sp³-hybridized carbons (Fsp3) is 1.00. The second-order valence-corrected chi connectivity index (χ2v) is 7.74. The first-order valence-corrected chi connectivity index (χ1v) is 8.10. The average Bonchev–Trinajstić information content (AvgIpc) is 2.22. The molecule has 0 amide bonds. The molecule has 0 aromatic heterocycles. The predicted octanol–water partition coefficient (Wildman–Crippen LogP) is 0.634. The molecule has 0 aromatic carbocycles. The van der Waals surface area contributed by atoms with Gasteiger partial charge in [-0.2, -0.15) is 0 Å². The van der Waals surface area contributed by atoms with Crippen molar-refractivity contribution in [2.24, 2.45) is 0 Å². The first-order valence-electron chi connectivity index (χ1n) is 6.45. The van der Waals surface area contributed by atoms with Gasteiger partial charge in [0.05, 0.1) is 5.75 Å². The van der Waals surface area contributed by atoms with Crippen molar-refractivity contribution in [2.45, 2.75) is 45.7 Å². The first-order chi connectivity index (χ1) is 8.07. The Kier molecular flexibility index (Phi) is 7.36. The van der Waals surface area contributed by atoms with Gasteiger partial charge in [-0.05, 0) is 40.9 Å². The Morgan fingerprint density at radius 1 is 1.22 bits per heavy atom. The summed E-state index contributed by atoms with van der Waals surface area (Å²) >= 11 is 0. The lowest BCUT2D eigenvalue weighted by atomic mass is 10.1. The highest BCUT2D eigenvalue weighted by molar-refractivity contribution is 7.89. The van der Waals surface area contributed by atoms with E-state index in [4.69, 9.17) is 0 Å². The van der Waals surface area contributed by atoms with Crippen LogP contribution in [0.15, 0.2) is 0 Å². The van der Waals surface area contributed by atoms with E-state index in [0.717, 1.165) is 6.54 Å². The molecule has 0 aliphatic heterocycles. The molecule has 0 radical (unpaired) electrons. The monoisotopic (exact) mass is 279 g/mol. The molecule has 0 aliphatic rings. The Hall–Kier alpha value is -0.170. The normalized spacial score (nSPS) is 13.6. The molecular formula is C12H29N3O2S. The molecule has 0 rings (SSSR count). The highest BCUT2D eigenvalue weighted by Gasteiger charge is 2.22. The van der Waals surface area contributed by atoms with E-state index in [9.17, 15) is 8.42 Å². The van der Waals surface area contributed by atoms with Gasteiger partial charge in [0.15, 0.2) is 0 Å². The maximum atomic E-state index is 11.8. The first kappa shape index (κ1) is 17.8. The van der Waals surface area contributed by atoms with E-state index in [0.29, 0.717) is 19.0 Å². The molecule has 0 fully saturated rings. The highest BCUT2D eigenvalue weighted by Crippen LogP contribution is 2.08. The zero-order valence-corrected chi connectivity index (χ0v) is 13.4. The Balaban J connectivity index is 4.02. The summed E-state index contributed by atoms with van der Waals surface area (Å²) in [6.07, 6.45) is 0.635. The molecule has 0 bridgehead atoms. The van der Waals surface area contributed by atoms with Crippen molar-refractivity contribution in [3.63, 3.8) is 0 Å². The van der Waals surface area contributed by atoms with Gasteiger partial charge in [0, 0.05) is 18.1 Å². The average molecular weight is 279 g/mol. The number of hydrogen-bond donors (Lipinski definition) is 2. The summed E-state index contributed by atoms with van der Waals surface area (Å²) in [6.45, 7) is 9.28. The van der Waals surface area contributed by atoms with Gasteiger partial charge in [-0.15, -0.1) is 0 Å². The summed E-state index contributed by atoms with van der Waals surface area (Å²) < 4.78 is 26.2. The Morgan fingerprint density at radius 3 is 2.22 bits per heavy atom. The Morgan fingerprint density at radius 2 is 1.78 bits per heavy atom. The van der Waals surface area contributed by atoms with E-state index < -0.39 is 10.0 Å². The lowest BCUT2D eigenvalue weighted by Gasteiger charge is -2.32. The van der Waals surface area contributed by atoms with Gasteiger partial charge < -0.3 is 10.2 Å². The summed E-state index contributed by atoms with van der Waals surface area (Å²) in [4.78, 5) is 2.01. The Labute approximate surface area is 112 Å². The number of nitrogens with zero attached hydrogens (tertiary/aromatic N) is 1. The standard InChI is InChI=1S/C12H29N3O2S/c1-11(2)13-8-7-9-18(16,17)14-10-12(3,4)15(5)6/h11,13-14H,7-10H2,1-6H3. The molecule has 0 spiro atoms. The molecule has 2 N–H and O–H groups in total. The highest BCUT2D eigenvalue weighted by atomic mass is 32.2. The van der Waals surface area contributed by atoms with E-state index in [-0.39, 0.29) is 11.3 Å². The van der Waals surface area contributed by atoms with Crippen molar-refractivity contribution >= 4 is 10.0 Å². The third-order valence-corrected chi connectivity index (χ3v) is 4.49. The van der Waals surface area contributed by atoms with Crippen LogP contribution in [0.4, 0.5) is 0 Å². The van der Waals surface area contributed by atoms with Crippen molar-refractivity contribution in [2.75, 3.05) is 32.9 Å². The molecule has 110 valence electrons. The lowest BCUT2D eigenvalue weighted by Crippen LogP contribution is -2.48. The minimum atomic E-state index is -3.16. The summed E-state index contributed by atoms with van der Waals surface area (Å²) in [5.74, 6) is 0.177. The third-order valence-electron chi connectivity index (χ3n) is 3.08. The van der Waals surface area contributed by atoms with Crippen molar-refractivity contribution in [3.05, 3.63) is 0 Å². The van der Waals surface area contributed by atoms with Crippen LogP contribution < -0.4 is 10.0 Å². The molecule has 0 saturated carbocycles. The number of hydrogen-bond acceptors (Lipinski definition) is 4. The van der Waals surface area contributed by atoms with Crippen LogP contribution in [0.3, 0.4) is 0 Å². The molecule has 0 heterocycles. The van der Waals surface area contributed by atoms with E-state index in [1.165, 1.54) is 0 Å². The molecule has 0 aromatic rings. The smallest absolute Gasteiger partial charge is 0.211 e. The van der Waals surface area contributed by atoms with Gasteiger partial charge in [-0.3, -0.25) is 0 Å². The topological polar surface area (TPSA) is 61.4 Å². The minimum absolute atomic E-state index is 0.177. The lowest BCUT2D eigenvalue weighted by molar-refractivity contribution is 0.199. The van der Waals surface area contributed by atoms with E-state index in [1.807, 2.05) is 46.7 Å². The van der Waals surface area contributed by atoms with Crippen molar-refractivity contribution in [1.29, 1.82) is 0 Å². The second-order valence-electron chi connectivity index (χ2n) is 5.81. The predicted molar refractivity (Wildman–Crippen MR) is 77.3 cm³/mol. The van der Waals surface area contributed by atoms with E-state index >= 15 is 0 Å². The van der Waals surface area contributed by atoms with E-state index in [2.05, 4.69) is 10.0 Å². The van der Waals surface area contributed by atoms with Crippen molar-refractivity contribution in [1.82, 2.24) is 14.9 Å². The van der Waals surface area contributed by atoms with Crippen LogP contribution in [0.5, 0.6) is 0 Å². The van der Waals surface area contributed by atoms with Gasteiger partial charge in [0.1, 0.15) is 0 Å². The van der Waals surface area contributed by atoms with Crippen molar-refractivity contribution < 1.29 is 8.42 Å². The fourth-order valence-electron chi connectivity index (χ4n) is 1.17. The summed E-state index contributed by atoms with van der Waals surface area (Å²) in [5, 5.41) is 3.21. The molecule has 6 heteroatoms. The molecule has 0 saturated heterocycles. The number of likely N-dealkylation sites (N-methyl/N-ethyl adjacent to an activating group) is 1. The fourth-order valence-corrected chi connectivity index (χ4v) is 2.41. The van der Waals surface area contributed by atoms with Crippen LogP contribution in [0.25, 0.3) is 0 Å². The summed E-state index contributed by atoms with van der Waals surface area (Å²) in [7, 11) is 0.728. The molecule has 0 aliphatic carbocycles. The van der Waals surface area contributed by atoms with Gasteiger partial charge in [0.25, 0.3) is 0 Å². The van der Waals surface area contributed by atoms with Crippen LogP contribution >= 0.6 is 0 Å². The second kappa shape index (κ2) is 7.43. The number of nitrogens with one attached hydrogen (secondary N) is 2. The maximum Gasteiger partial charge on any atom is 0.211 e. The largest absolute Gasteiger partial charge is 0.314 e. The summed E-state index contributed by atoms with van der Waals surface area (Å²) in [6, 6.07) is 0.397. The molecule has 0 unspecified atom stereocenters. The number of rotatable bonds is 9. The zero-order chi connectivity index (χ0) is 14.4. The Bertz CT molecular complexity index is 324. The van der Waals surface area contributed by atoms with Gasteiger partial charge >= 0.3 is 0 Å². The van der Waals surface area contributed by atoms with Crippen LogP contribution in [0.2, 0.25) is 0 Å². The van der Waals surface area contributed by atoms with Crippen LogP contribution in [-0.4, -0.2) is 57.8 Å². The maximum absolute atomic E-state index is 11.8. The van der Waals surface area contributed by atoms with Gasteiger partial charge in [-0.1, -0.05) is 13.8 Å². The summed E-state index contributed by atoms with van der Waals surface area (Å²) in [5.41, 5.74) is -0.177.